The van der Waals surface area contributed by atoms with Gasteiger partial charge in [-0.25, -0.2) is 4.68 Å². The molecule has 0 aliphatic carbocycles. The number of halogens is 2. The molecule has 1 aromatic heterocycles. The molecule has 98 valence electrons. The molecular formula is C12H11Cl2N5. The zero-order chi connectivity index (χ0) is 14.0. The van der Waals surface area contributed by atoms with Crippen LogP contribution in [0.1, 0.15) is 0 Å². The summed E-state index contributed by atoms with van der Waals surface area (Å²) in [6.07, 6.45) is 1.62. The van der Waals surface area contributed by atoms with E-state index in [0.717, 1.165) is 0 Å². The average Bonchev–Trinajstić information content (AvgIpc) is 2.37. The van der Waals surface area contributed by atoms with E-state index in [2.05, 4.69) is 16.7 Å². The molecule has 0 radical (unpaired) electrons. The molecule has 0 atom stereocenters. The van der Waals surface area contributed by atoms with E-state index in [4.69, 9.17) is 34.3 Å². The van der Waals surface area contributed by atoms with Gasteiger partial charge in [0.25, 0.3) is 0 Å². The van der Waals surface area contributed by atoms with Crippen molar-refractivity contribution in [2.45, 2.75) is 6.54 Å². The van der Waals surface area contributed by atoms with E-state index in [1.54, 1.807) is 24.3 Å². The van der Waals surface area contributed by atoms with Crippen LogP contribution in [0.5, 0.6) is 0 Å². The average molecular weight is 296 g/mol. The fourth-order valence-electron chi connectivity index (χ4n) is 1.57. The Morgan fingerprint density at radius 3 is 2.84 bits per heavy atom. The number of hydrogen-bond acceptors (Lipinski definition) is 4. The topological polar surface area (TPSA) is 80.6 Å². The number of allylic oxidation sites excluding steroid dienone is 1. The summed E-state index contributed by atoms with van der Waals surface area (Å²) in [5, 5.41) is 12.7. The van der Waals surface area contributed by atoms with E-state index in [1.165, 1.54) is 4.68 Å². The Hall–Kier alpha value is -1.85. The molecule has 1 heterocycles. The lowest BCUT2D eigenvalue weighted by Gasteiger charge is -2.10. The van der Waals surface area contributed by atoms with E-state index < -0.39 is 0 Å². The second-order valence-corrected chi connectivity index (χ2v) is 4.53. The van der Waals surface area contributed by atoms with Gasteiger partial charge in [-0.3, -0.25) is 5.41 Å². The number of nitrogens with zero attached hydrogens (tertiary/aromatic N) is 3. The summed E-state index contributed by atoms with van der Waals surface area (Å²) in [7, 11) is 0. The van der Waals surface area contributed by atoms with Crippen molar-refractivity contribution < 1.29 is 0 Å². The second-order valence-electron chi connectivity index (χ2n) is 3.74. The van der Waals surface area contributed by atoms with Gasteiger partial charge in [0, 0.05) is 5.56 Å². The van der Waals surface area contributed by atoms with Crippen LogP contribution in [0.15, 0.2) is 30.9 Å². The highest BCUT2D eigenvalue weighted by atomic mass is 35.5. The fraction of sp³-hybridized carbons (Fsp3) is 0.0833. The van der Waals surface area contributed by atoms with Crippen molar-refractivity contribution >= 4 is 29.0 Å². The molecule has 0 aliphatic heterocycles. The van der Waals surface area contributed by atoms with E-state index in [9.17, 15) is 0 Å². The van der Waals surface area contributed by atoms with Crippen molar-refractivity contribution in [3.8, 4) is 11.3 Å². The highest BCUT2D eigenvalue weighted by molar-refractivity contribution is 6.43. The molecule has 0 aliphatic rings. The predicted molar refractivity (Wildman–Crippen MR) is 75.9 cm³/mol. The quantitative estimate of drug-likeness (QED) is 0.854. The molecule has 0 unspecified atom stereocenters. The van der Waals surface area contributed by atoms with Crippen molar-refractivity contribution in [3.05, 3.63) is 46.5 Å². The Morgan fingerprint density at radius 2 is 2.16 bits per heavy atom. The second kappa shape index (κ2) is 5.42. The normalized spacial score (nSPS) is 10.4. The minimum absolute atomic E-state index is 0.0423. The molecule has 0 bridgehead atoms. The first-order chi connectivity index (χ1) is 9.04. The Balaban J connectivity index is 2.68. The minimum Gasteiger partial charge on any atom is -0.382 e. The summed E-state index contributed by atoms with van der Waals surface area (Å²) in [6, 6.07) is 5.17. The molecule has 1 aromatic carbocycles. The number of nitrogen functional groups attached to an aromatic ring is 1. The number of rotatable bonds is 3. The van der Waals surface area contributed by atoms with E-state index in [0.29, 0.717) is 27.8 Å². The van der Waals surface area contributed by atoms with Crippen LogP contribution in [0.2, 0.25) is 10.0 Å². The van der Waals surface area contributed by atoms with Gasteiger partial charge in [0.05, 0.1) is 16.6 Å². The predicted octanol–water partition coefficient (Wildman–Crippen LogP) is 2.50. The SMILES string of the molecule is C=CCn1nc(-c2cccc(Cl)c2Cl)c(N)nc1=N. The van der Waals surface area contributed by atoms with E-state index in [1.807, 2.05) is 0 Å². The van der Waals surface area contributed by atoms with Gasteiger partial charge in [-0.15, -0.1) is 6.58 Å². The third-order valence-electron chi connectivity index (χ3n) is 2.44. The molecule has 7 heteroatoms. The maximum Gasteiger partial charge on any atom is 0.240 e. The Morgan fingerprint density at radius 1 is 1.42 bits per heavy atom. The summed E-state index contributed by atoms with van der Waals surface area (Å²) >= 11 is 12.1. The first-order valence-electron chi connectivity index (χ1n) is 5.39. The van der Waals surface area contributed by atoms with Crippen LogP contribution < -0.4 is 11.4 Å². The third kappa shape index (κ3) is 2.62. The van der Waals surface area contributed by atoms with Crippen LogP contribution in [-0.4, -0.2) is 14.8 Å². The highest BCUT2D eigenvalue weighted by Gasteiger charge is 2.13. The highest BCUT2D eigenvalue weighted by Crippen LogP contribution is 2.33. The van der Waals surface area contributed by atoms with Gasteiger partial charge in [0.15, 0.2) is 5.82 Å². The van der Waals surface area contributed by atoms with Crippen molar-refractivity contribution in [2.24, 2.45) is 0 Å². The van der Waals surface area contributed by atoms with E-state index >= 15 is 0 Å². The van der Waals surface area contributed by atoms with Gasteiger partial charge in [0.1, 0.15) is 5.69 Å². The van der Waals surface area contributed by atoms with Crippen molar-refractivity contribution in [1.29, 1.82) is 5.41 Å². The van der Waals surface area contributed by atoms with E-state index in [-0.39, 0.29) is 11.4 Å². The summed E-state index contributed by atoms with van der Waals surface area (Å²) < 4.78 is 1.37. The molecule has 0 spiro atoms. The lowest BCUT2D eigenvalue weighted by Crippen LogP contribution is -2.27. The van der Waals surface area contributed by atoms with Crippen molar-refractivity contribution in [3.63, 3.8) is 0 Å². The third-order valence-corrected chi connectivity index (χ3v) is 3.26. The first kappa shape index (κ1) is 13.6. The first-order valence-corrected chi connectivity index (χ1v) is 6.14. The van der Waals surface area contributed by atoms with Gasteiger partial charge >= 0.3 is 0 Å². The molecule has 0 saturated heterocycles. The molecule has 2 rings (SSSR count). The summed E-state index contributed by atoms with van der Waals surface area (Å²) in [5.74, 6) is 0.134. The monoisotopic (exact) mass is 295 g/mol. The lowest BCUT2D eigenvalue weighted by atomic mass is 10.1. The number of benzene rings is 1. The zero-order valence-electron chi connectivity index (χ0n) is 9.90. The van der Waals surface area contributed by atoms with Gasteiger partial charge in [0.2, 0.25) is 5.62 Å². The number of hydrogen-bond donors (Lipinski definition) is 2. The largest absolute Gasteiger partial charge is 0.382 e. The number of aromatic nitrogens is 3. The Bertz CT molecular complexity index is 693. The Kier molecular flexibility index (Phi) is 3.87. The number of nitrogens with one attached hydrogen (secondary N) is 1. The molecule has 0 amide bonds. The maximum absolute atomic E-state index is 7.67. The number of anilines is 1. The van der Waals surface area contributed by atoms with Gasteiger partial charge in [-0.1, -0.05) is 41.4 Å². The molecule has 0 fully saturated rings. The molecule has 5 nitrogen and oxygen atoms in total. The van der Waals surface area contributed by atoms with Crippen LogP contribution in [0, 0.1) is 5.41 Å². The summed E-state index contributed by atoms with van der Waals surface area (Å²) in [5.41, 5.74) is 6.73. The van der Waals surface area contributed by atoms with Crippen LogP contribution in [-0.2, 0) is 6.54 Å². The summed E-state index contributed by atoms with van der Waals surface area (Å²) in [6.45, 7) is 3.96. The maximum atomic E-state index is 7.67. The molecule has 2 aromatic rings. The molecule has 19 heavy (non-hydrogen) atoms. The standard InChI is InChI=1S/C12H11Cl2N5/c1-2-6-19-12(16)17-11(15)10(18-19)7-4-3-5-8(13)9(7)14/h2-5H,1,6H2,(H3,15,16,17). The smallest absolute Gasteiger partial charge is 0.240 e. The van der Waals surface area contributed by atoms with Crippen molar-refractivity contribution in [2.75, 3.05) is 5.73 Å². The zero-order valence-corrected chi connectivity index (χ0v) is 11.4. The number of nitrogens with two attached hydrogens (primary N) is 1. The fourth-order valence-corrected chi connectivity index (χ4v) is 1.96. The van der Waals surface area contributed by atoms with Crippen LogP contribution in [0.3, 0.4) is 0 Å². The van der Waals surface area contributed by atoms with Crippen LogP contribution >= 0.6 is 23.2 Å². The lowest BCUT2D eigenvalue weighted by molar-refractivity contribution is 0.607. The van der Waals surface area contributed by atoms with Gasteiger partial charge in [-0.05, 0) is 6.07 Å². The van der Waals surface area contributed by atoms with Crippen LogP contribution in [0.25, 0.3) is 11.3 Å². The molecular weight excluding hydrogens is 285 g/mol. The Labute approximate surface area is 119 Å². The molecule has 3 N–H and O–H groups in total. The summed E-state index contributed by atoms with van der Waals surface area (Å²) in [4.78, 5) is 3.93. The van der Waals surface area contributed by atoms with Gasteiger partial charge in [-0.2, -0.15) is 10.1 Å². The van der Waals surface area contributed by atoms with Gasteiger partial charge < -0.3 is 5.73 Å². The van der Waals surface area contributed by atoms with Crippen molar-refractivity contribution in [1.82, 2.24) is 14.8 Å². The minimum atomic E-state index is -0.0423. The molecule has 0 saturated carbocycles. The van der Waals surface area contributed by atoms with Crippen LogP contribution in [0.4, 0.5) is 5.82 Å².